The minimum absolute atomic E-state index is 0.0570. The summed E-state index contributed by atoms with van der Waals surface area (Å²) in [5, 5.41) is 0. The van der Waals surface area contributed by atoms with E-state index in [9.17, 15) is 13.2 Å². The van der Waals surface area contributed by atoms with E-state index in [1.54, 1.807) is 0 Å². The van der Waals surface area contributed by atoms with Gasteiger partial charge < -0.3 is 0 Å². The predicted molar refractivity (Wildman–Crippen MR) is 81.8 cm³/mol. The van der Waals surface area contributed by atoms with Crippen molar-refractivity contribution in [3.05, 3.63) is 35.4 Å². The Balaban J connectivity index is 2.41. The summed E-state index contributed by atoms with van der Waals surface area (Å²) in [7, 11) is -2.93. The van der Waals surface area contributed by atoms with Gasteiger partial charge >= 0.3 is 0 Å². The molecule has 1 rings (SSSR count). The van der Waals surface area contributed by atoms with Crippen molar-refractivity contribution < 1.29 is 13.2 Å². The molecule has 0 radical (unpaired) electrons. The molecule has 0 saturated carbocycles. The lowest BCUT2D eigenvalue weighted by atomic mass is 10.1. The molecule has 0 aliphatic heterocycles. The molecule has 1 aromatic rings. The van der Waals surface area contributed by atoms with Gasteiger partial charge in [0.05, 0.1) is 11.5 Å². The maximum atomic E-state index is 11.9. The predicted octanol–water partition coefficient (Wildman–Crippen LogP) is 2.60. The Morgan fingerprint density at radius 3 is 2.37 bits per heavy atom. The Kier molecular flexibility index (Phi) is 6.58. The number of sulfone groups is 1. The normalized spacial score (nSPS) is 11.5. The number of hydrogen-bond acceptors (Lipinski definition) is 4. The van der Waals surface area contributed by atoms with Crippen LogP contribution < -0.4 is 0 Å². The van der Waals surface area contributed by atoms with E-state index in [0.717, 1.165) is 12.8 Å². The van der Waals surface area contributed by atoms with Crippen molar-refractivity contribution >= 4 is 27.4 Å². The van der Waals surface area contributed by atoms with Crippen LogP contribution in [0.2, 0.25) is 0 Å². The molecule has 19 heavy (non-hydrogen) atoms. The summed E-state index contributed by atoms with van der Waals surface area (Å²) in [4.78, 5) is 11.9. The number of aryl methyl sites for hydroxylation is 1. The molecule has 1 aromatic carbocycles. The van der Waals surface area contributed by atoms with Crippen LogP contribution in [0.4, 0.5) is 0 Å². The molecular weight excluding hydrogens is 280 g/mol. The van der Waals surface area contributed by atoms with Gasteiger partial charge in [0.2, 0.25) is 0 Å². The summed E-state index contributed by atoms with van der Waals surface area (Å²) in [6.45, 7) is 2.12. The van der Waals surface area contributed by atoms with Gasteiger partial charge in [0.25, 0.3) is 0 Å². The Morgan fingerprint density at radius 2 is 1.84 bits per heavy atom. The zero-order valence-corrected chi connectivity index (χ0v) is 13.0. The second-order valence-electron chi connectivity index (χ2n) is 4.55. The van der Waals surface area contributed by atoms with Gasteiger partial charge in [0.15, 0.2) is 5.78 Å². The first-order valence-corrected chi connectivity index (χ1v) is 9.51. The molecule has 0 amide bonds. The van der Waals surface area contributed by atoms with Crippen LogP contribution in [0.15, 0.2) is 24.3 Å². The number of hydrogen-bond donors (Lipinski definition) is 0. The smallest absolute Gasteiger partial charge is 0.172 e. The van der Waals surface area contributed by atoms with E-state index in [0.29, 0.717) is 17.1 Å². The third-order valence-corrected chi connectivity index (χ3v) is 4.81. The van der Waals surface area contributed by atoms with Crippen molar-refractivity contribution in [2.75, 3.05) is 23.5 Å². The van der Waals surface area contributed by atoms with Crippen LogP contribution in [0.25, 0.3) is 0 Å². The zero-order chi connectivity index (χ0) is 14.3. The average Bonchev–Trinajstić information content (AvgIpc) is 2.34. The molecule has 0 aliphatic rings. The second-order valence-corrected chi connectivity index (χ2v) is 7.92. The summed E-state index contributed by atoms with van der Waals surface area (Å²) in [5.74, 6) is 0.989. The van der Waals surface area contributed by atoms with Crippen LogP contribution in [0.3, 0.4) is 0 Å². The van der Waals surface area contributed by atoms with E-state index in [1.807, 2.05) is 24.3 Å². The number of rotatable bonds is 8. The molecule has 0 atom stereocenters. The lowest BCUT2D eigenvalue weighted by Gasteiger charge is -2.03. The molecule has 3 nitrogen and oxygen atoms in total. The fourth-order valence-electron chi connectivity index (χ4n) is 1.60. The summed E-state index contributed by atoms with van der Waals surface area (Å²) in [5.41, 5.74) is 1.94. The summed E-state index contributed by atoms with van der Waals surface area (Å²) >= 11 is 1.37. The number of Topliss-reactive ketones (excluding diaryl/α,β-unsaturated/α-hetero) is 1. The third-order valence-electron chi connectivity index (χ3n) is 2.65. The van der Waals surface area contributed by atoms with E-state index in [1.165, 1.54) is 23.6 Å². The van der Waals surface area contributed by atoms with Gasteiger partial charge in [-0.1, -0.05) is 37.6 Å². The van der Waals surface area contributed by atoms with E-state index in [4.69, 9.17) is 0 Å². The molecular formula is C14H20O3S2. The van der Waals surface area contributed by atoms with Gasteiger partial charge in [-0.25, -0.2) is 8.42 Å². The van der Waals surface area contributed by atoms with E-state index in [-0.39, 0.29) is 11.5 Å². The Hall–Kier alpha value is -0.810. The zero-order valence-electron chi connectivity index (χ0n) is 11.4. The van der Waals surface area contributed by atoms with Crippen LogP contribution in [0, 0.1) is 0 Å². The first-order chi connectivity index (χ1) is 8.92. The Labute approximate surface area is 119 Å². The topological polar surface area (TPSA) is 51.2 Å². The quantitative estimate of drug-likeness (QED) is 0.547. The van der Waals surface area contributed by atoms with Crippen LogP contribution in [-0.4, -0.2) is 37.7 Å². The first-order valence-electron chi connectivity index (χ1n) is 6.30. The molecule has 106 valence electrons. The highest BCUT2D eigenvalue weighted by Crippen LogP contribution is 2.11. The lowest BCUT2D eigenvalue weighted by molar-refractivity contribution is 0.102. The minimum Gasteiger partial charge on any atom is -0.293 e. The Bertz CT molecular complexity index is 504. The minimum atomic E-state index is -2.93. The van der Waals surface area contributed by atoms with Crippen LogP contribution >= 0.6 is 11.8 Å². The highest BCUT2D eigenvalue weighted by molar-refractivity contribution is 8.01. The van der Waals surface area contributed by atoms with Crippen molar-refractivity contribution in [2.45, 2.75) is 19.8 Å². The average molecular weight is 300 g/mol. The largest absolute Gasteiger partial charge is 0.293 e. The van der Waals surface area contributed by atoms with Crippen LogP contribution in [0.5, 0.6) is 0 Å². The number of thioether (sulfide) groups is 1. The molecule has 0 aliphatic carbocycles. The van der Waals surface area contributed by atoms with Gasteiger partial charge in [0, 0.05) is 17.6 Å². The SMILES string of the molecule is CCCc1ccc(C(=O)CSCCS(C)(=O)=O)cc1. The maximum absolute atomic E-state index is 11.9. The fourth-order valence-corrected chi connectivity index (χ4v) is 3.78. The van der Waals surface area contributed by atoms with Crippen molar-refractivity contribution in [3.63, 3.8) is 0 Å². The molecule has 0 saturated heterocycles. The maximum Gasteiger partial charge on any atom is 0.172 e. The monoisotopic (exact) mass is 300 g/mol. The highest BCUT2D eigenvalue weighted by Gasteiger charge is 2.07. The van der Waals surface area contributed by atoms with Crippen molar-refractivity contribution in [1.29, 1.82) is 0 Å². The number of carbonyl (C=O) groups is 1. The van der Waals surface area contributed by atoms with E-state index >= 15 is 0 Å². The standard InChI is InChI=1S/C14H20O3S2/c1-3-4-12-5-7-13(8-6-12)14(15)11-18-9-10-19(2,16)17/h5-8H,3-4,9-11H2,1-2H3. The van der Waals surface area contributed by atoms with Gasteiger partial charge in [0.1, 0.15) is 9.84 Å². The van der Waals surface area contributed by atoms with Crippen LogP contribution in [-0.2, 0) is 16.3 Å². The summed E-state index contributed by atoms with van der Waals surface area (Å²) in [6, 6.07) is 7.67. The Morgan fingerprint density at radius 1 is 1.21 bits per heavy atom. The van der Waals surface area contributed by atoms with Gasteiger partial charge in [-0.05, 0) is 12.0 Å². The summed E-state index contributed by atoms with van der Waals surface area (Å²) in [6.07, 6.45) is 3.33. The fraction of sp³-hybridized carbons (Fsp3) is 0.500. The summed E-state index contributed by atoms with van der Waals surface area (Å²) < 4.78 is 21.9. The lowest BCUT2D eigenvalue weighted by Crippen LogP contribution is -2.08. The molecule has 0 aromatic heterocycles. The van der Waals surface area contributed by atoms with Crippen molar-refractivity contribution in [3.8, 4) is 0 Å². The van der Waals surface area contributed by atoms with Gasteiger partial charge in [-0.15, -0.1) is 0 Å². The number of benzene rings is 1. The molecule has 0 fully saturated rings. The van der Waals surface area contributed by atoms with Gasteiger partial charge in [-0.2, -0.15) is 11.8 Å². The molecule has 0 bridgehead atoms. The number of ketones is 1. The molecule has 0 heterocycles. The third kappa shape index (κ3) is 6.78. The van der Waals surface area contributed by atoms with E-state index < -0.39 is 9.84 Å². The second kappa shape index (κ2) is 7.70. The van der Waals surface area contributed by atoms with E-state index in [2.05, 4.69) is 6.92 Å². The highest BCUT2D eigenvalue weighted by atomic mass is 32.2. The van der Waals surface area contributed by atoms with Crippen molar-refractivity contribution in [1.82, 2.24) is 0 Å². The first kappa shape index (κ1) is 16.2. The van der Waals surface area contributed by atoms with Crippen LogP contribution in [0.1, 0.15) is 29.3 Å². The molecule has 0 unspecified atom stereocenters. The molecule has 5 heteroatoms. The number of carbonyl (C=O) groups excluding carboxylic acids is 1. The molecule has 0 N–H and O–H groups in total. The van der Waals surface area contributed by atoms with Gasteiger partial charge in [-0.3, -0.25) is 4.79 Å². The molecule has 0 spiro atoms. The van der Waals surface area contributed by atoms with Crippen molar-refractivity contribution in [2.24, 2.45) is 0 Å².